The molecule has 0 radical (unpaired) electrons. The lowest BCUT2D eigenvalue weighted by Gasteiger charge is -2.00. The van der Waals surface area contributed by atoms with Gasteiger partial charge in [0.05, 0.1) is 15.6 Å². The molecule has 23 heavy (non-hydrogen) atoms. The van der Waals surface area contributed by atoms with E-state index in [0.717, 1.165) is 5.56 Å². The number of nitrogens with one attached hydrogen (secondary N) is 1. The number of benzene rings is 2. The number of amidine groups is 1. The van der Waals surface area contributed by atoms with Crippen LogP contribution in [0.25, 0.3) is 6.08 Å². The Kier molecular flexibility index (Phi) is 4.71. The molecule has 0 aromatic heterocycles. The van der Waals surface area contributed by atoms with Gasteiger partial charge in [-0.05, 0) is 53.7 Å². The minimum atomic E-state index is -0.325. The fraction of sp³-hybridized carbons (Fsp3) is 0. The van der Waals surface area contributed by atoms with Crippen molar-refractivity contribution in [2.75, 3.05) is 0 Å². The van der Waals surface area contributed by atoms with E-state index in [1.165, 1.54) is 23.9 Å². The molecule has 116 valence electrons. The Morgan fingerprint density at radius 2 is 1.87 bits per heavy atom. The van der Waals surface area contributed by atoms with Gasteiger partial charge in [0, 0.05) is 5.02 Å². The molecule has 1 N–H and O–H groups in total. The van der Waals surface area contributed by atoms with Gasteiger partial charge in [-0.3, -0.25) is 4.79 Å². The van der Waals surface area contributed by atoms with Crippen LogP contribution in [-0.2, 0) is 4.79 Å². The quantitative estimate of drug-likeness (QED) is 0.757. The molecule has 0 saturated carbocycles. The predicted octanol–water partition coefficient (Wildman–Crippen LogP) is 5.02. The lowest BCUT2D eigenvalue weighted by atomic mass is 10.2. The van der Waals surface area contributed by atoms with Crippen LogP contribution < -0.4 is 5.32 Å². The maximum absolute atomic E-state index is 12.9. The van der Waals surface area contributed by atoms with Gasteiger partial charge >= 0.3 is 0 Å². The van der Waals surface area contributed by atoms with E-state index in [1.54, 1.807) is 36.4 Å². The zero-order chi connectivity index (χ0) is 16.4. The fourth-order valence-corrected chi connectivity index (χ4v) is 3.03. The second-order valence-corrected chi connectivity index (χ2v) is 6.50. The normalized spacial score (nSPS) is 17.8. The third-order valence-corrected chi connectivity index (χ3v) is 4.41. The van der Waals surface area contributed by atoms with Crippen molar-refractivity contribution in [2.45, 2.75) is 0 Å². The summed E-state index contributed by atoms with van der Waals surface area (Å²) in [5.74, 6) is -0.593. The molecule has 3 rings (SSSR count). The first-order chi connectivity index (χ1) is 11.0. The average molecular weight is 367 g/mol. The summed E-state index contributed by atoms with van der Waals surface area (Å²) in [4.78, 5) is 16.8. The number of hydrogen-bond donors (Lipinski definition) is 1. The molecule has 1 fully saturated rings. The molecule has 7 heteroatoms. The van der Waals surface area contributed by atoms with Crippen LogP contribution in [0.3, 0.4) is 0 Å². The summed E-state index contributed by atoms with van der Waals surface area (Å²) in [6.07, 6.45) is 1.67. The third kappa shape index (κ3) is 3.93. The molecule has 3 nitrogen and oxygen atoms in total. The monoisotopic (exact) mass is 366 g/mol. The number of thioether (sulfide) groups is 1. The number of hydrogen-bond acceptors (Lipinski definition) is 3. The maximum atomic E-state index is 12.9. The Morgan fingerprint density at radius 3 is 2.61 bits per heavy atom. The van der Waals surface area contributed by atoms with E-state index in [2.05, 4.69) is 10.3 Å². The van der Waals surface area contributed by atoms with E-state index in [4.69, 9.17) is 23.2 Å². The Hall–Kier alpha value is -1.82. The summed E-state index contributed by atoms with van der Waals surface area (Å²) in [6.45, 7) is 0. The largest absolute Gasteiger partial charge is 0.300 e. The molecule has 1 saturated heterocycles. The highest BCUT2D eigenvalue weighted by atomic mass is 35.5. The summed E-state index contributed by atoms with van der Waals surface area (Å²) >= 11 is 13.2. The van der Waals surface area contributed by atoms with Gasteiger partial charge in [-0.15, -0.1) is 0 Å². The number of aliphatic imine (C=N–C) groups is 1. The summed E-state index contributed by atoms with van der Waals surface area (Å²) in [6, 6.07) is 10.8. The minimum Gasteiger partial charge on any atom is -0.300 e. The van der Waals surface area contributed by atoms with Gasteiger partial charge in [0.15, 0.2) is 5.17 Å². The average Bonchev–Trinajstić information content (AvgIpc) is 2.85. The van der Waals surface area contributed by atoms with E-state index in [0.29, 0.717) is 25.8 Å². The van der Waals surface area contributed by atoms with Gasteiger partial charge < -0.3 is 5.32 Å². The Morgan fingerprint density at radius 1 is 1.13 bits per heavy atom. The summed E-state index contributed by atoms with van der Waals surface area (Å²) < 4.78 is 12.9. The number of amides is 1. The predicted molar refractivity (Wildman–Crippen MR) is 93.7 cm³/mol. The van der Waals surface area contributed by atoms with Gasteiger partial charge in [-0.25, -0.2) is 9.38 Å². The molecular formula is C16H9Cl2FN2OS. The zero-order valence-electron chi connectivity index (χ0n) is 11.5. The van der Waals surface area contributed by atoms with Crippen LogP contribution in [0.4, 0.5) is 10.1 Å². The molecule has 1 aliphatic rings. The molecule has 0 spiro atoms. The summed E-state index contributed by atoms with van der Waals surface area (Å²) in [5, 5.41) is 4.01. The van der Waals surface area contributed by atoms with E-state index in [9.17, 15) is 9.18 Å². The van der Waals surface area contributed by atoms with Crippen molar-refractivity contribution < 1.29 is 9.18 Å². The van der Waals surface area contributed by atoms with Crippen LogP contribution in [-0.4, -0.2) is 11.1 Å². The van der Waals surface area contributed by atoms with Crippen molar-refractivity contribution in [3.8, 4) is 0 Å². The smallest absolute Gasteiger partial charge is 0.264 e. The fourth-order valence-electron chi connectivity index (χ4n) is 1.87. The van der Waals surface area contributed by atoms with Crippen molar-refractivity contribution in [1.82, 2.24) is 5.32 Å². The lowest BCUT2D eigenvalue weighted by molar-refractivity contribution is -0.115. The van der Waals surface area contributed by atoms with Crippen molar-refractivity contribution >= 4 is 57.8 Å². The second-order valence-electron chi connectivity index (χ2n) is 4.63. The molecule has 1 aliphatic heterocycles. The molecular weight excluding hydrogens is 358 g/mol. The zero-order valence-corrected chi connectivity index (χ0v) is 13.8. The van der Waals surface area contributed by atoms with E-state index in [1.807, 2.05) is 0 Å². The van der Waals surface area contributed by atoms with E-state index in [-0.39, 0.29) is 11.7 Å². The Labute approximate surface area is 146 Å². The van der Waals surface area contributed by atoms with Crippen LogP contribution in [0.2, 0.25) is 10.0 Å². The van der Waals surface area contributed by atoms with Crippen molar-refractivity contribution in [3.63, 3.8) is 0 Å². The molecule has 0 bridgehead atoms. The topological polar surface area (TPSA) is 41.5 Å². The van der Waals surface area contributed by atoms with Crippen LogP contribution >= 0.6 is 35.0 Å². The highest BCUT2D eigenvalue weighted by molar-refractivity contribution is 8.18. The Bertz CT molecular complexity index is 834. The summed E-state index contributed by atoms with van der Waals surface area (Å²) in [5.41, 5.74) is 1.20. The molecule has 2 aromatic rings. The van der Waals surface area contributed by atoms with Gasteiger partial charge in [0.25, 0.3) is 5.91 Å². The number of nitrogens with zero attached hydrogens (tertiary/aromatic N) is 1. The van der Waals surface area contributed by atoms with Gasteiger partial charge in [-0.1, -0.05) is 35.3 Å². The molecule has 0 atom stereocenters. The number of carbonyl (C=O) groups is 1. The van der Waals surface area contributed by atoms with Crippen molar-refractivity contribution in [1.29, 1.82) is 0 Å². The standard InChI is InChI=1S/C16H9Cl2FN2OS/c17-10-3-6-12(18)13(8-10)20-16-21-15(22)14(23-16)7-9-1-4-11(19)5-2-9/h1-8H,(H,20,21,22)/b14-7+. The first-order valence-corrected chi connectivity index (χ1v) is 8.09. The molecule has 2 aromatic carbocycles. The number of carbonyl (C=O) groups excluding carboxylic acids is 1. The first kappa shape index (κ1) is 16.1. The van der Waals surface area contributed by atoms with E-state index < -0.39 is 0 Å². The number of rotatable bonds is 2. The van der Waals surface area contributed by atoms with Crippen LogP contribution in [0.15, 0.2) is 52.4 Å². The minimum absolute atomic E-state index is 0.267. The highest BCUT2D eigenvalue weighted by Gasteiger charge is 2.24. The van der Waals surface area contributed by atoms with Gasteiger partial charge in [0.1, 0.15) is 5.82 Å². The third-order valence-electron chi connectivity index (χ3n) is 2.95. The highest BCUT2D eigenvalue weighted by Crippen LogP contribution is 2.32. The SMILES string of the molecule is O=C1NC(=Nc2cc(Cl)ccc2Cl)S/C1=C/c1ccc(F)cc1. The van der Waals surface area contributed by atoms with Crippen LogP contribution in [0, 0.1) is 5.82 Å². The molecule has 0 aliphatic carbocycles. The van der Waals surface area contributed by atoms with Crippen LogP contribution in [0.1, 0.15) is 5.56 Å². The van der Waals surface area contributed by atoms with Crippen LogP contribution in [0.5, 0.6) is 0 Å². The van der Waals surface area contributed by atoms with Crippen molar-refractivity contribution in [2.24, 2.45) is 4.99 Å². The Balaban J connectivity index is 1.86. The van der Waals surface area contributed by atoms with Crippen molar-refractivity contribution in [3.05, 3.63) is 68.8 Å². The molecule has 1 amide bonds. The summed E-state index contributed by atoms with van der Waals surface area (Å²) in [7, 11) is 0. The van der Waals surface area contributed by atoms with Gasteiger partial charge in [-0.2, -0.15) is 0 Å². The first-order valence-electron chi connectivity index (χ1n) is 6.51. The number of halogens is 3. The molecule has 1 heterocycles. The van der Waals surface area contributed by atoms with E-state index >= 15 is 0 Å². The molecule has 0 unspecified atom stereocenters. The maximum Gasteiger partial charge on any atom is 0.264 e. The van der Waals surface area contributed by atoms with Gasteiger partial charge in [0.2, 0.25) is 0 Å². The second kappa shape index (κ2) is 6.74. The lowest BCUT2D eigenvalue weighted by Crippen LogP contribution is -2.19.